The predicted molar refractivity (Wildman–Crippen MR) is 94.9 cm³/mol. The van der Waals surface area contributed by atoms with E-state index in [1.165, 1.54) is 23.6 Å². The van der Waals surface area contributed by atoms with Gasteiger partial charge < -0.3 is 10.1 Å². The molecular weight excluding hydrogens is 420 g/mol. The maximum Gasteiger partial charge on any atom is 0.354 e. The van der Waals surface area contributed by atoms with Crippen molar-refractivity contribution < 1.29 is 23.3 Å². The number of thioether (sulfide) groups is 1. The number of rotatable bonds is 6. The number of tetrazole rings is 1. The first kappa shape index (κ1) is 19.8. The quantitative estimate of drug-likeness (QED) is 0.242. The van der Waals surface area contributed by atoms with Crippen LogP contribution in [0, 0.1) is 0 Å². The molecule has 1 N–H and O–H groups in total. The second-order valence-corrected chi connectivity index (χ2v) is 8.36. The fourth-order valence-electron chi connectivity index (χ4n) is 2.76. The van der Waals surface area contributed by atoms with Gasteiger partial charge in [0.25, 0.3) is 5.91 Å². The highest BCUT2D eigenvalue weighted by molar-refractivity contribution is 7.99. The molecule has 11 nitrogen and oxygen atoms in total. The predicted octanol–water partition coefficient (Wildman–Crippen LogP) is -1.62. The molecule has 0 aromatic carbocycles. The van der Waals surface area contributed by atoms with E-state index in [2.05, 4.69) is 20.8 Å². The maximum absolute atomic E-state index is 12.7. The van der Waals surface area contributed by atoms with Crippen LogP contribution in [0.25, 0.3) is 0 Å². The summed E-state index contributed by atoms with van der Waals surface area (Å²) < 4.78 is 18.9. The third-order valence-corrected chi connectivity index (χ3v) is 6.97. The SMILES string of the molecule is COC(=O)C1=C(CSc2nnnn2C)CS(=O)[C@@H]2[C@H](NC(=O)CCl)C(=O)N12. The number of alkyl halides is 1. The molecule has 0 spiro atoms. The van der Waals surface area contributed by atoms with Gasteiger partial charge in [-0.1, -0.05) is 11.8 Å². The summed E-state index contributed by atoms with van der Waals surface area (Å²) in [4.78, 5) is 37.4. The van der Waals surface area contributed by atoms with E-state index in [4.69, 9.17) is 16.3 Å². The van der Waals surface area contributed by atoms with Gasteiger partial charge in [0.05, 0.1) is 23.7 Å². The summed E-state index contributed by atoms with van der Waals surface area (Å²) in [5, 5.41) is 13.2. The Hall–Kier alpha value is -1.99. The Kier molecular flexibility index (Phi) is 5.81. The second-order valence-electron chi connectivity index (χ2n) is 5.62. The van der Waals surface area contributed by atoms with Crippen LogP contribution >= 0.6 is 23.4 Å². The number of β-lactam (4-membered cyclic amide) rings is 1. The number of carbonyl (C=O) groups excluding carboxylic acids is 3. The highest BCUT2D eigenvalue weighted by atomic mass is 35.5. The number of aryl methyl sites for hydroxylation is 1. The summed E-state index contributed by atoms with van der Waals surface area (Å²) in [5.74, 6) is -1.81. The van der Waals surface area contributed by atoms with Crippen LogP contribution in [-0.4, -0.2) is 83.0 Å². The normalized spacial score (nSPS) is 24.3. The van der Waals surface area contributed by atoms with E-state index in [1.807, 2.05) is 0 Å². The molecule has 0 saturated carbocycles. The van der Waals surface area contributed by atoms with Crippen molar-refractivity contribution in [3.05, 3.63) is 11.3 Å². The number of fused-ring (bicyclic) bond motifs is 1. The van der Waals surface area contributed by atoms with E-state index in [0.717, 1.165) is 4.90 Å². The number of aromatic nitrogens is 4. The molecule has 1 saturated heterocycles. The Bertz CT molecular complexity index is 858. The fraction of sp³-hybridized carbons (Fsp3) is 0.538. The van der Waals surface area contributed by atoms with E-state index in [0.29, 0.717) is 10.7 Å². The molecule has 0 aliphatic carbocycles. The van der Waals surface area contributed by atoms with Crippen LogP contribution in [0.1, 0.15) is 0 Å². The number of hydrogen-bond donors (Lipinski definition) is 1. The van der Waals surface area contributed by atoms with Gasteiger partial charge in [-0.3, -0.25) is 18.7 Å². The van der Waals surface area contributed by atoms with E-state index < -0.39 is 40.0 Å². The molecular formula is C13H15ClN6O5S2. The van der Waals surface area contributed by atoms with Crippen molar-refractivity contribution in [2.24, 2.45) is 7.05 Å². The number of nitrogens with zero attached hydrogens (tertiary/aromatic N) is 5. The zero-order valence-electron chi connectivity index (χ0n) is 14.2. The van der Waals surface area contributed by atoms with Gasteiger partial charge in [-0.15, -0.1) is 16.7 Å². The summed E-state index contributed by atoms with van der Waals surface area (Å²) in [6.45, 7) is 0. The van der Waals surface area contributed by atoms with E-state index in [1.54, 1.807) is 7.05 Å². The van der Waals surface area contributed by atoms with Crippen LogP contribution in [0.4, 0.5) is 0 Å². The van der Waals surface area contributed by atoms with Crippen LogP contribution in [0.15, 0.2) is 16.4 Å². The molecule has 146 valence electrons. The zero-order valence-corrected chi connectivity index (χ0v) is 16.6. The van der Waals surface area contributed by atoms with Crippen molar-refractivity contribution >= 4 is 51.9 Å². The van der Waals surface area contributed by atoms with Crippen molar-refractivity contribution in [3.8, 4) is 0 Å². The molecule has 2 aliphatic rings. The van der Waals surface area contributed by atoms with Gasteiger partial charge >= 0.3 is 5.97 Å². The largest absolute Gasteiger partial charge is 0.464 e. The Morgan fingerprint density at radius 2 is 2.22 bits per heavy atom. The average molecular weight is 435 g/mol. The monoisotopic (exact) mass is 434 g/mol. The smallest absolute Gasteiger partial charge is 0.354 e. The van der Waals surface area contributed by atoms with Gasteiger partial charge in [-0.2, -0.15) is 0 Å². The van der Waals surface area contributed by atoms with Crippen molar-refractivity contribution in [2.75, 3.05) is 24.5 Å². The van der Waals surface area contributed by atoms with Crippen molar-refractivity contribution in [2.45, 2.75) is 16.6 Å². The number of hydrogen-bond acceptors (Lipinski definition) is 9. The Labute approximate surface area is 165 Å². The second kappa shape index (κ2) is 7.94. The van der Waals surface area contributed by atoms with Crippen molar-refractivity contribution in [1.82, 2.24) is 30.4 Å². The lowest BCUT2D eigenvalue weighted by atomic mass is 10.0. The van der Waals surface area contributed by atoms with Gasteiger partial charge in [0.1, 0.15) is 23.0 Å². The summed E-state index contributed by atoms with van der Waals surface area (Å²) >= 11 is 6.69. The minimum absolute atomic E-state index is 0.0473. The molecule has 27 heavy (non-hydrogen) atoms. The minimum Gasteiger partial charge on any atom is -0.464 e. The van der Waals surface area contributed by atoms with Crippen LogP contribution in [0.3, 0.4) is 0 Å². The standard InChI is InChI=1S/C13H15ClN6O5S2/c1-19-13(16-17-18-19)26-4-6-5-27(24)11-8(15-7(21)3-14)10(22)20(11)9(6)12(23)25-2/h8,11H,3-5H2,1-2H3,(H,15,21)/t8-,11-,27?/m1/s1. The van der Waals surface area contributed by atoms with Gasteiger partial charge in [-0.25, -0.2) is 9.48 Å². The molecule has 0 bridgehead atoms. The summed E-state index contributed by atoms with van der Waals surface area (Å²) in [6.07, 6.45) is 0. The Balaban J connectivity index is 1.87. The molecule has 1 aromatic heterocycles. The molecule has 0 radical (unpaired) electrons. The van der Waals surface area contributed by atoms with Crippen molar-refractivity contribution in [1.29, 1.82) is 0 Å². The maximum atomic E-state index is 12.7. The highest BCUT2D eigenvalue weighted by Gasteiger charge is 2.57. The van der Waals surface area contributed by atoms with E-state index >= 15 is 0 Å². The average Bonchev–Trinajstić information content (AvgIpc) is 3.07. The molecule has 2 aliphatic heterocycles. The minimum atomic E-state index is -1.51. The highest BCUT2D eigenvalue weighted by Crippen LogP contribution is 2.36. The number of halogens is 1. The first-order valence-corrected chi connectivity index (χ1v) is 10.5. The molecule has 1 unspecified atom stereocenters. The van der Waals surface area contributed by atoms with Gasteiger partial charge in [0, 0.05) is 12.8 Å². The number of ether oxygens (including phenoxy) is 1. The number of methoxy groups -OCH3 is 1. The summed E-state index contributed by atoms with van der Waals surface area (Å²) in [6, 6.07) is -0.978. The van der Waals surface area contributed by atoms with Crippen LogP contribution in [0.2, 0.25) is 0 Å². The zero-order chi connectivity index (χ0) is 19.7. The topological polar surface area (TPSA) is 136 Å². The number of amides is 2. The first-order valence-electron chi connectivity index (χ1n) is 7.60. The van der Waals surface area contributed by atoms with Gasteiger partial charge in [0.2, 0.25) is 11.1 Å². The first-order chi connectivity index (χ1) is 12.9. The van der Waals surface area contributed by atoms with E-state index in [-0.39, 0.29) is 23.1 Å². The van der Waals surface area contributed by atoms with Crippen LogP contribution < -0.4 is 5.32 Å². The molecule has 3 atom stereocenters. The molecule has 1 fully saturated rings. The summed E-state index contributed by atoms with van der Waals surface area (Å²) in [7, 11) is 1.35. The lowest BCUT2D eigenvalue weighted by molar-refractivity contribution is -0.151. The van der Waals surface area contributed by atoms with Crippen molar-refractivity contribution in [3.63, 3.8) is 0 Å². The molecule has 1 aromatic rings. The fourth-order valence-corrected chi connectivity index (χ4v) is 5.51. The van der Waals surface area contributed by atoms with Crippen LogP contribution in [0.5, 0.6) is 0 Å². The number of carbonyl (C=O) groups is 3. The lowest BCUT2D eigenvalue weighted by Gasteiger charge is -2.49. The third-order valence-electron chi connectivity index (χ3n) is 3.98. The molecule has 3 rings (SSSR count). The Morgan fingerprint density at radius 1 is 1.48 bits per heavy atom. The molecule has 2 amide bonds. The number of nitrogens with one attached hydrogen (secondary N) is 1. The lowest BCUT2D eigenvalue weighted by Crippen LogP contribution is -2.73. The molecule has 3 heterocycles. The Morgan fingerprint density at radius 3 is 2.81 bits per heavy atom. The van der Waals surface area contributed by atoms with E-state index in [9.17, 15) is 18.6 Å². The third kappa shape index (κ3) is 3.58. The van der Waals surface area contributed by atoms with Gasteiger partial charge in [0.15, 0.2) is 0 Å². The summed E-state index contributed by atoms with van der Waals surface area (Å²) in [5.41, 5.74) is 0.533. The molecule has 14 heteroatoms. The van der Waals surface area contributed by atoms with Gasteiger partial charge in [-0.05, 0) is 16.0 Å². The van der Waals surface area contributed by atoms with Crippen LogP contribution in [-0.2, 0) is 37.0 Å². The number of esters is 1.